The first-order valence-corrected chi connectivity index (χ1v) is 18.0. The van der Waals surface area contributed by atoms with Crippen LogP contribution in [0.1, 0.15) is 64.0 Å². The summed E-state index contributed by atoms with van der Waals surface area (Å²) in [7, 11) is -3.95. The summed E-state index contributed by atoms with van der Waals surface area (Å²) in [5.74, 6) is -1.59. The number of nitrogens with zero attached hydrogens (tertiary/aromatic N) is 2. The van der Waals surface area contributed by atoms with Gasteiger partial charge in [0.05, 0.1) is 4.90 Å². The summed E-state index contributed by atoms with van der Waals surface area (Å²) in [6.07, 6.45) is 0.968. The molecule has 4 amide bonds. The van der Waals surface area contributed by atoms with E-state index in [9.17, 15) is 27.6 Å². The Morgan fingerprint density at radius 3 is 2.37 bits per heavy atom. The van der Waals surface area contributed by atoms with Crippen LogP contribution in [-0.4, -0.2) is 80.9 Å². The van der Waals surface area contributed by atoms with Gasteiger partial charge < -0.3 is 31.3 Å². The van der Waals surface area contributed by atoms with Gasteiger partial charge in [-0.25, -0.2) is 17.9 Å². The van der Waals surface area contributed by atoms with E-state index in [2.05, 4.69) is 25.7 Å². The Hall–Kier alpha value is -4.66. The molecule has 1 aliphatic heterocycles. The third kappa shape index (κ3) is 12.4. The van der Waals surface area contributed by atoms with E-state index in [0.717, 1.165) is 11.1 Å². The summed E-state index contributed by atoms with van der Waals surface area (Å²) in [4.78, 5) is 58.6. The number of sulfonamides is 1. The second-order valence-electron chi connectivity index (χ2n) is 12.4. The number of rotatable bonds is 16. The number of hydrogen-bond donors (Lipinski definition) is 5. The van der Waals surface area contributed by atoms with E-state index >= 15 is 0 Å². The van der Waals surface area contributed by atoms with Crippen molar-refractivity contribution in [3.05, 3.63) is 65.7 Å². The van der Waals surface area contributed by atoms with Crippen LogP contribution in [0.15, 0.2) is 64.5 Å². The van der Waals surface area contributed by atoms with E-state index in [0.29, 0.717) is 25.9 Å². The lowest BCUT2D eigenvalue weighted by atomic mass is 10.0. The molecule has 0 bridgehead atoms. The lowest BCUT2D eigenvalue weighted by molar-refractivity contribution is -0.141. The number of nitrogens with two attached hydrogens (primary N) is 1. The normalized spacial score (nSPS) is 16.1. The third-order valence-corrected chi connectivity index (χ3v) is 9.21. The van der Waals surface area contributed by atoms with E-state index in [1.807, 2.05) is 51.1 Å². The molecule has 14 nitrogen and oxygen atoms in total. The first kappa shape index (κ1) is 38.8. The number of nitrogens with one attached hydrogen (secondary N) is 4. The van der Waals surface area contributed by atoms with Gasteiger partial charge in [0.2, 0.25) is 23.7 Å². The molecular formula is C34H49N7O7S. The van der Waals surface area contributed by atoms with Gasteiger partial charge >= 0.3 is 6.09 Å². The standard InChI is InChI=1S/C34H49N7O7S/c1-5-36-31(43)29-14-10-20-41(29)32(44)27(13-9-19-37-33(35)40-49(46,47)26-17-15-24(4)16-18-26)38-30(42)28(21-23(2)3)39-34(45)48-22-25-11-7-6-8-12-25/h6-8,11-12,15-18,23,27-29H,5,9-10,13-14,19-22H2,1-4H3,(H,36,43)(H,38,42)(H,39,45)(H3,35,37,40)/t27-,28-,29-/m0/s1. The molecule has 49 heavy (non-hydrogen) atoms. The first-order valence-electron chi connectivity index (χ1n) is 16.6. The summed E-state index contributed by atoms with van der Waals surface area (Å²) in [6.45, 7) is 8.25. The molecule has 2 aromatic carbocycles. The minimum absolute atomic E-state index is 0.0148. The summed E-state index contributed by atoms with van der Waals surface area (Å²) in [5, 5.41) is 8.20. The highest BCUT2D eigenvalue weighted by Gasteiger charge is 2.38. The Morgan fingerprint density at radius 2 is 1.71 bits per heavy atom. The maximum atomic E-state index is 13.9. The SMILES string of the molecule is CCNC(=O)[C@@H]1CCCN1C(=O)[C@H](CCCN=C(N)NS(=O)(=O)c1ccc(C)cc1)NC(=O)[C@H](CC(C)C)NC(=O)OCc1ccccc1. The van der Waals surface area contributed by atoms with Crippen molar-refractivity contribution in [3.8, 4) is 0 Å². The number of amides is 4. The smallest absolute Gasteiger partial charge is 0.408 e. The number of aryl methyl sites for hydroxylation is 1. The predicted molar refractivity (Wildman–Crippen MR) is 186 cm³/mol. The van der Waals surface area contributed by atoms with Gasteiger partial charge in [0, 0.05) is 19.6 Å². The second-order valence-corrected chi connectivity index (χ2v) is 14.0. The Balaban J connectivity index is 1.72. The average molecular weight is 700 g/mol. The van der Waals surface area contributed by atoms with Gasteiger partial charge in [0.25, 0.3) is 10.0 Å². The van der Waals surface area contributed by atoms with Crippen LogP contribution in [0.25, 0.3) is 0 Å². The van der Waals surface area contributed by atoms with E-state index in [-0.39, 0.29) is 55.1 Å². The molecule has 6 N–H and O–H groups in total. The fourth-order valence-electron chi connectivity index (χ4n) is 5.38. The van der Waals surface area contributed by atoms with Crippen molar-refractivity contribution in [2.75, 3.05) is 19.6 Å². The van der Waals surface area contributed by atoms with Crippen LogP contribution in [0.3, 0.4) is 0 Å². The van der Waals surface area contributed by atoms with Gasteiger partial charge in [0.15, 0.2) is 0 Å². The highest BCUT2D eigenvalue weighted by molar-refractivity contribution is 7.90. The predicted octanol–water partition coefficient (Wildman–Crippen LogP) is 2.32. The Labute approximate surface area is 288 Å². The summed E-state index contributed by atoms with van der Waals surface area (Å²) < 4.78 is 32.9. The number of guanidine groups is 1. The number of alkyl carbamates (subject to hydrolysis) is 1. The molecule has 2 aromatic rings. The Morgan fingerprint density at radius 1 is 1.02 bits per heavy atom. The van der Waals surface area contributed by atoms with Crippen molar-refractivity contribution in [2.45, 2.75) is 89.4 Å². The molecule has 268 valence electrons. The molecule has 15 heteroatoms. The van der Waals surface area contributed by atoms with Crippen molar-refractivity contribution in [3.63, 3.8) is 0 Å². The van der Waals surface area contributed by atoms with E-state index in [1.54, 1.807) is 19.1 Å². The molecule has 3 atom stereocenters. The molecule has 1 heterocycles. The van der Waals surface area contributed by atoms with Gasteiger partial charge in [-0.3, -0.25) is 19.4 Å². The van der Waals surface area contributed by atoms with Gasteiger partial charge in [-0.2, -0.15) is 0 Å². The summed E-state index contributed by atoms with van der Waals surface area (Å²) in [6, 6.07) is 12.6. The van der Waals surface area contributed by atoms with Gasteiger partial charge in [-0.15, -0.1) is 0 Å². The number of likely N-dealkylation sites (tertiary alicyclic amines) is 1. The van der Waals surface area contributed by atoms with Crippen molar-refractivity contribution in [2.24, 2.45) is 16.6 Å². The molecule has 0 unspecified atom stereocenters. The third-order valence-electron chi connectivity index (χ3n) is 7.84. The molecule has 0 spiro atoms. The van der Waals surface area contributed by atoms with Crippen LogP contribution in [0.4, 0.5) is 4.79 Å². The number of likely N-dealkylation sites (N-methyl/N-ethyl adjacent to an activating group) is 1. The zero-order valence-electron chi connectivity index (χ0n) is 28.6. The molecule has 0 aromatic heterocycles. The van der Waals surface area contributed by atoms with Crippen LogP contribution in [0.5, 0.6) is 0 Å². The van der Waals surface area contributed by atoms with Gasteiger partial charge in [-0.05, 0) is 69.6 Å². The highest BCUT2D eigenvalue weighted by Crippen LogP contribution is 2.20. The van der Waals surface area contributed by atoms with Crippen molar-refractivity contribution >= 4 is 39.8 Å². The topological polar surface area (TPSA) is 201 Å². The van der Waals surface area contributed by atoms with E-state index < -0.39 is 46.1 Å². The van der Waals surface area contributed by atoms with E-state index in [1.165, 1.54) is 17.0 Å². The number of benzene rings is 2. The minimum Gasteiger partial charge on any atom is -0.445 e. The molecule has 1 fully saturated rings. The van der Waals surface area contributed by atoms with Crippen molar-refractivity contribution in [1.82, 2.24) is 25.6 Å². The summed E-state index contributed by atoms with van der Waals surface area (Å²) >= 11 is 0. The first-order chi connectivity index (χ1) is 23.3. The minimum atomic E-state index is -3.95. The van der Waals surface area contributed by atoms with Gasteiger partial charge in [0.1, 0.15) is 24.7 Å². The quantitative estimate of drug-likeness (QED) is 0.0998. The number of carbonyl (C=O) groups is 4. The number of hydrogen-bond acceptors (Lipinski definition) is 8. The fourth-order valence-corrected chi connectivity index (χ4v) is 6.33. The molecule has 1 aliphatic rings. The maximum Gasteiger partial charge on any atom is 0.408 e. The monoisotopic (exact) mass is 699 g/mol. The number of ether oxygens (including phenoxy) is 1. The van der Waals surface area contributed by atoms with Crippen LogP contribution < -0.4 is 26.4 Å². The highest BCUT2D eigenvalue weighted by atomic mass is 32.2. The van der Waals surface area contributed by atoms with Crippen LogP contribution in [-0.2, 0) is 35.8 Å². The molecule has 0 aliphatic carbocycles. The number of carbonyl (C=O) groups excluding carboxylic acids is 4. The Bertz CT molecular complexity index is 1550. The molecule has 1 saturated heterocycles. The van der Waals surface area contributed by atoms with Crippen LogP contribution in [0, 0.1) is 12.8 Å². The fraction of sp³-hybridized carbons (Fsp3) is 0.500. The van der Waals surface area contributed by atoms with E-state index in [4.69, 9.17) is 10.5 Å². The molecular weight excluding hydrogens is 650 g/mol. The maximum absolute atomic E-state index is 13.9. The van der Waals surface area contributed by atoms with Crippen LogP contribution >= 0.6 is 0 Å². The number of aliphatic imine (C=N–C) groups is 1. The van der Waals surface area contributed by atoms with Crippen molar-refractivity contribution < 1.29 is 32.3 Å². The molecule has 3 rings (SSSR count). The van der Waals surface area contributed by atoms with Crippen LogP contribution in [0.2, 0.25) is 0 Å². The zero-order valence-corrected chi connectivity index (χ0v) is 29.4. The zero-order chi connectivity index (χ0) is 36.0. The lowest BCUT2D eigenvalue weighted by Crippen LogP contribution is -2.56. The average Bonchev–Trinajstić information content (AvgIpc) is 3.55. The second kappa shape index (κ2) is 18.8. The molecule has 0 radical (unpaired) electrons. The lowest BCUT2D eigenvalue weighted by Gasteiger charge is -2.30. The summed E-state index contributed by atoms with van der Waals surface area (Å²) in [5.41, 5.74) is 7.56. The molecule has 0 saturated carbocycles. The van der Waals surface area contributed by atoms with Crippen molar-refractivity contribution in [1.29, 1.82) is 0 Å². The largest absolute Gasteiger partial charge is 0.445 e. The Kier molecular flexibility index (Phi) is 14.9. The van der Waals surface area contributed by atoms with Gasteiger partial charge in [-0.1, -0.05) is 61.9 Å².